The average molecular weight is 406 g/mol. The molecule has 1 heterocycles. The Bertz CT molecular complexity index is 797. The zero-order valence-corrected chi connectivity index (χ0v) is 15.3. The summed E-state index contributed by atoms with van der Waals surface area (Å²) >= 11 is 4.86. The Morgan fingerprint density at radius 2 is 2.04 bits per heavy atom. The predicted molar refractivity (Wildman–Crippen MR) is 99.1 cm³/mol. The number of esters is 1. The fourth-order valence-corrected chi connectivity index (χ4v) is 3.93. The van der Waals surface area contributed by atoms with Gasteiger partial charge in [-0.3, -0.25) is 4.79 Å². The minimum Gasteiger partial charge on any atom is -0.452 e. The Morgan fingerprint density at radius 1 is 1.21 bits per heavy atom. The molecule has 24 heavy (non-hydrogen) atoms. The van der Waals surface area contributed by atoms with Crippen molar-refractivity contribution in [3.8, 4) is 0 Å². The quantitative estimate of drug-likeness (QED) is 0.598. The molecule has 1 amide bonds. The number of benzene rings is 1. The Morgan fingerprint density at radius 3 is 2.83 bits per heavy atom. The SMILES string of the molecule is O=C(COC(=O)/C=C/c1ccc(Br)s1)Nc1ccc2c(c1)CCC2. The van der Waals surface area contributed by atoms with Gasteiger partial charge in [0, 0.05) is 16.6 Å². The van der Waals surface area contributed by atoms with Crippen LogP contribution in [0.25, 0.3) is 6.08 Å². The topological polar surface area (TPSA) is 55.4 Å². The number of carbonyl (C=O) groups excluding carboxylic acids is 2. The Hall–Kier alpha value is -1.92. The highest BCUT2D eigenvalue weighted by atomic mass is 79.9. The van der Waals surface area contributed by atoms with Crippen LogP contribution >= 0.6 is 27.3 Å². The van der Waals surface area contributed by atoms with E-state index in [1.807, 2.05) is 30.3 Å². The third kappa shape index (κ3) is 4.55. The van der Waals surface area contributed by atoms with E-state index in [9.17, 15) is 9.59 Å². The zero-order chi connectivity index (χ0) is 16.9. The summed E-state index contributed by atoms with van der Waals surface area (Å²) in [7, 11) is 0. The lowest BCUT2D eigenvalue weighted by molar-refractivity contribution is -0.142. The smallest absolute Gasteiger partial charge is 0.331 e. The molecule has 0 spiro atoms. The van der Waals surface area contributed by atoms with Gasteiger partial charge in [-0.05, 0) is 76.7 Å². The molecule has 0 atom stereocenters. The Kier molecular flexibility index (Phi) is 5.48. The molecule has 0 aliphatic heterocycles. The van der Waals surface area contributed by atoms with Crippen molar-refractivity contribution >= 4 is 50.9 Å². The summed E-state index contributed by atoms with van der Waals surface area (Å²) in [6, 6.07) is 9.72. The molecule has 0 saturated heterocycles. The van der Waals surface area contributed by atoms with Gasteiger partial charge in [-0.25, -0.2) is 4.79 Å². The van der Waals surface area contributed by atoms with Gasteiger partial charge in [0.2, 0.25) is 0 Å². The van der Waals surface area contributed by atoms with Gasteiger partial charge in [-0.2, -0.15) is 0 Å². The van der Waals surface area contributed by atoms with Crippen LogP contribution in [-0.2, 0) is 27.2 Å². The van der Waals surface area contributed by atoms with Crippen LogP contribution in [0, 0.1) is 0 Å². The van der Waals surface area contributed by atoms with Crippen molar-refractivity contribution in [3.05, 3.63) is 56.2 Å². The molecule has 0 bridgehead atoms. The van der Waals surface area contributed by atoms with Crippen LogP contribution in [0.2, 0.25) is 0 Å². The number of rotatable bonds is 5. The van der Waals surface area contributed by atoms with Crippen LogP contribution in [0.4, 0.5) is 5.69 Å². The maximum atomic E-state index is 11.9. The van der Waals surface area contributed by atoms with Crippen molar-refractivity contribution < 1.29 is 14.3 Å². The number of hydrogen-bond acceptors (Lipinski definition) is 4. The van der Waals surface area contributed by atoms with Crippen molar-refractivity contribution in [1.29, 1.82) is 0 Å². The molecule has 1 aromatic carbocycles. The number of ether oxygens (including phenoxy) is 1. The van der Waals surface area contributed by atoms with E-state index in [-0.39, 0.29) is 12.5 Å². The number of hydrogen-bond donors (Lipinski definition) is 1. The van der Waals surface area contributed by atoms with Gasteiger partial charge in [-0.15, -0.1) is 11.3 Å². The minimum atomic E-state index is -0.538. The van der Waals surface area contributed by atoms with Crippen LogP contribution in [-0.4, -0.2) is 18.5 Å². The minimum absolute atomic E-state index is 0.297. The number of amides is 1. The first-order chi connectivity index (χ1) is 11.6. The second-order valence-electron chi connectivity index (χ2n) is 5.47. The number of halogens is 1. The number of nitrogens with one attached hydrogen (secondary N) is 1. The second kappa shape index (κ2) is 7.77. The van der Waals surface area contributed by atoms with Gasteiger partial charge >= 0.3 is 5.97 Å². The van der Waals surface area contributed by atoms with E-state index in [4.69, 9.17) is 4.74 Å². The van der Waals surface area contributed by atoms with E-state index in [1.54, 1.807) is 6.08 Å². The van der Waals surface area contributed by atoms with E-state index in [0.29, 0.717) is 0 Å². The highest BCUT2D eigenvalue weighted by Crippen LogP contribution is 2.25. The lowest BCUT2D eigenvalue weighted by Gasteiger charge is -2.07. The van der Waals surface area contributed by atoms with Crippen LogP contribution in [0.1, 0.15) is 22.4 Å². The largest absolute Gasteiger partial charge is 0.452 e. The van der Waals surface area contributed by atoms with E-state index < -0.39 is 5.97 Å². The van der Waals surface area contributed by atoms with Crippen molar-refractivity contribution in [2.45, 2.75) is 19.3 Å². The van der Waals surface area contributed by atoms with E-state index in [0.717, 1.165) is 33.6 Å². The molecule has 4 nitrogen and oxygen atoms in total. The maximum absolute atomic E-state index is 11.9. The summed E-state index contributed by atoms with van der Waals surface area (Å²) in [5.41, 5.74) is 3.38. The summed E-state index contributed by atoms with van der Waals surface area (Å²) in [6.45, 7) is -0.297. The van der Waals surface area contributed by atoms with Gasteiger partial charge in [0.25, 0.3) is 5.91 Å². The number of aryl methyl sites for hydroxylation is 2. The molecule has 6 heteroatoms. The molecule has 1 N–H and O–H groups in total. The molecule has 0 saturated carbocycles. The lowest BCUT2D eigenvalue weighted by Crippen LogP contribution is -2.20. The molecule has 1 aromatic heterocycles. The first-order valence-electron chi connectivity index (χ1n) is 7.62. The highest BCUT2D eigenvalue weighted by molar-refractivity contribution is 9.11. The lowest BCUT2D eigenvalue weighted by atomic mass is 10.1. The highest BCUT2D eigenvalue weighted by Gasteiger charge is 2.12. The Balaban J connectivity index is 1.46. The van der Waals surface area contributed by atoms with Crippen LogP contribution in [0.3, 0.4) is 0 Å². The first-order valence-corrected chi connectivity index (χ1v) is 9.23. The summed E-state index contributed by atoms with van der Waals surface area (Å²) < 4.78 is 5.94. The maximum Gasteiger partial charge on any atom is 0.331 e. The molecule has 0 unspecified atom stereocenters. The number of thiophene rings is 1. The summed E-state index contributed by atoms with van der Waals surface area (Å²) in [4.78, 5) is 24.4. The molecule has 0 fully saturated rings. The number of fused-ring (bicyclic) bond motifs is 1. The fraction of sp³-hybridized carbons (Fsp3) is 0.222. The average Bonchev–Trinajstić information content (AvgIpc) is 3.19. The molecule has 3 rings (SSSR count). The summed E-state index contributed by atoms with van der Waals surface area (Å²) in [6.07, 6.45) is 6.31. The normalized spacial score (nSPS) is 13.0. The van der Waals surface area contributed by atoms with Gasteiger partial charge in [0.05, 0.1) is 3.79 Å². The van der Waals surface area contributed by atoms with Gasteiger partial charge in [0.15, 0.2) is 6.61 Å². The molecule has 0 radical (unpaired) electrons. The van der Waals surface area contributed by atoms with Crippen LogP contribution in [0.5, 0.6) is 0 Å². The third-order valence-corrected chi connectivity index (χ3v) is 5.29. The standard InChI is InChI=1S/C18H16BrNO3S/c19-16-8-6-15(24-16)7-9-18(22)23-11-17(21)20-14-5-4-12-2-1-3-13(12)10-14/h4-10H,1-3,11H2,(H,20,21)/b9-7+. The third-order valence-electron chi connectivity index (χ3n) is 3.71. The van der Waals surface area contributed by atoms with Crippen molar-refractivity contribution in [3.63, 3.8) is 0 Å². The van der Waals surface area contributed by atoms with Crippen LogP contribution in [0.15, 0.2) is 40.2 Å². The van der Waals surface area contributed by atoms with Crippen molar-refractivity contribution in [2.24, 2.45) is 0 Å². The molecular weight excluding hydrogens is 390 g/mol. The van der Waals surface area contributed by atoms with Gasteiger partial charge < -0.3 is 10.1 Å². The molecule has 1 aliphatic carbocycles. The van der Waals surface area contributed by atoms with Crippen LogP contribution < -0.4 is 5.32 Å². The zero-order valence-electron chi connectivity index (χ0n) is 12.9. The number of carbonyl (C=O) groups is 2. The molecular formula is C18H16BrNO3S. The molecule has 2 aromatic rings. The summed E-state index contributed by atoms with van der Waals surface area (Å²) in [5.74, 6) is -0.878. The Labute approximate surface area is 152 Å². The summed E-state index contributed by atoms with van der Waals surface area (Å²) in [5, 5.41) is 2.76. The van der Waals surface area contributed by atoms with Gasteiger partial charge in [-0.1, -0.05) is 6.07 Å². The molecule has 124 valence electrons. The van der Waals surface area contributed by atoms with Gasteiger partial charge in [0.1, 0.15) is 0 Å². The van der Waals surface area contributed by atoms with E-state index in [2.05, 4.69) is 21.2 Å². The second-order valence-corrected chi connectivity index (χ2v) is 7.96. The number of anilines is 1. The molecule has 1 aliphatic rings. The van der Waals surface area contributed by atoms with Crippen molar-refractivity contribution in [2.75, 3.05) is 11.9 Å². The fourth-order valence-electron chi connectivity index (χ4n) is 2.60. The predicted octanol–water partition coefficient (Wildman–Crippen LogP) is 4.19. The van der Waals surface area contributed by atoms with E-state index >= 15 is 0 Å². The van der Waals surface area contributed by atoms with Crippen molar-refractivity contribution in [1.82, 2.24) is 0 Å². The first kappa shape index (κ1) is 16.9. The monoisotopic (exact) mass is 405 g/mol. The van der Waals surface area contributed by atoms with E-state index in [1.165, 1.54) is 28.5 Å².